The monoisotopic (exact) mass is 1070 g/mol. The third kappa shape index (κ3) is 26.7. The molecule has 1 aliphatic heterocycles. The van der Waals surface area contributed by atoms with E-state index in [0.29, 0.717) is 125 Å². The molecule has 4 rings (SSSR count). The van der Waals surface area contributed by atoms with E-state index in [-0.39, 0.29) is 69.3 Å². The van der Waals surface area contributed by atoms with Gasteiger partial charge in [0.1, 0.15) is 31.5 Å². The lowest BCUT2D eigenvalue weighted by Crippen LogP contribution is -2.33. The van der Waals surface area contributed by atoms with Crippen molar-refractivity contribution >= 4 is 36.9 Å². The number of phosphoric acid groups is 1. The summed E-state index contributed by atoms with van der Waals surface area (Å²) >= 11 is 0. The first-order valence-electron chi connectivity index (χ1n) is 23.9. The minimum atomic E-state index is -4.57. The van der Waals surface area contributed by atoms with Gasteiger partial charge < -0.3 is 88.3 Å². The molecule has 3 heterocycles. The van der Waals surface area contributed by atoms with Crippen LogP contribution in [0, 0.1) is 0 Å². The number of imidazole rings is 1. The third-order valence-corrected chi connectivity index (χ3v) is 10.9. The molecule has 1 aromatic carbocycles. The summed E-state index contributed by atoms with van der Waals surface area (Å²) in [5.74, 6) is -0.403. The number of benzene rings is 1. The summed E-state index contributed by atoms with van der Waals surface area (Å²) < 4.78 is 88.6. The van der Waals surface area contributed by atoms with E-state index in [4.69, 9.17) is 71.6 Å². The number of amides is 2. The first-order chi connectivity index (χ1) is 35.5. The van der Waals surface area contributed by atoms with Gasteiger partial charge in [0, 0.05) is 13.1 Å². The lowest BCUT2D eigenvalue weighted by Gasteiger charge is -2.17. The highest BCUT2D eigenvalue weighted by atomic mass is 31.2. The van der Waals surface area contributed by atoms with E-state index in [0.717, 1.165) is 5.56 Å². The van der Waals surface area contributed by atoms with Crippen molar-refractivity contribution < 1.29 is 95.2 Å². The van der Waals surface area contributed by atoms with Crippen LogP contribution in [0.5, 0.6) is 0 Å². The van der Waals surface area contributed by atoms with Gasteiger partial charge in [0.25, 0.3) is 5.56 Å². The van der Waals surface area contributed by atoms with Gasteiger partial charge in [-0.3, -0.25) is 28.2 Å². The number of ether oxygens (including phenoxy) is 12. The normalized spacial score (nSPS) is 17.5. The zero-order chi connectivity index (χ0) is 52.2. The van der Waals surface area contributed by atoms with Crippen molar-refractivity contribution in [2.45, 2.75) is 44.0 Å². The fourth-order valence-corrected chi connectivity index (χ4v) is 7.00. The van der Waals surface area contributed by atoms with Crippen LogP contribution in [0.15, 0.2) is 41.5 Å². The number of nitrogens with zero attached hydrogens (tertiary/aromatic N) is 3. The zero-order valence-corrected chi connectivity index (χ0v) is 41.8. The van der Waals surface area contributed by atoms with Gasteiger partial charge in [-0.1, -0.05) is 30.3 Å². The Hall–Kier alpha value is -4.30. The smallest absolute Gasteiger partial charge is 0.445 e. The minimum Gasteiger partial charge on any atom is -0.445 e. The number of aromatic nitrogens is 4. The maximum Gasteiger partial charge on any atom is 0.472 e. The molecule has 1 fully saturated rings. The Kier molecular flexibility index (Phi) is 31.4. The maximum absolute atomic E-state index is 12.3. The van der Waals surface area contributed by atoms with E-state index in [1.807, 2.05) is 30.3 Å². The molecule has 2 aromatic heterocycles. The molecule has 0 saturated carbocycles. The van der Waals surface area contributed by atoms with E-state index < -0.39 is 50.6 Å². The summed E-state index contributed by atoms with van der Waals surface area (Å²) in [6.45, 7) is 6.88. The molecule has 29 heteroatoms. The second-order valence-electron chi connectivity index (χ2n) is 15.5. The molecule has 0 radical (unpaired) electrons. The summed E-state index contributed by atoms with van der Waals surface area (Å²) in [5.41, 5.74) is 5.86. The average Bonchev–Trinajstić information content (AvgIpc) is 3.93. The number of aromatic amines is 1. The number of alkyl carbamates (subject to hydrolysis) is 1. The zero-order valence-electron chi connectivity index (χ0n) is 40.9. The summed E-state index contributed by atoms with van der Waals surface area (Å²) in [4.78, 5) is 56.0. The predicted molar refractivity (Wildman–Crippen MR) is 255 cm³/mol. The van der Waals surface area contributed by atoms with Crippen LogP contribution >= 0.6 is 7.82 Å². The summed E-state index contributed by atoms with van der Waals surface area (Å²) in [6, 6.07) is 9.43. The van der Waals surface area contributed by atoms with Gasteiger partial charge in [0.2, 0.25) is 11.9 Å². The van der Waals surface area contributed by atoms with Crippen LogP contribution in [0.2, 0.25) is 0 Å². The van der Waals surface area contributed by atoms with Gasteiger partial charge in [-0.15, -0.1) is 0 Å². The Labute approximate surface area is 422 Å². The van der Waals surface area contributed by atoms with Crippen LogP contribution < -0.4 is 21.9 Å². The number of hydrogen-bond donors (Lipinski definition) is 7. The largest absolute Gasteiger partial charge is 0.472 e. The maximum atomic E-state index is 12.3. The van der Waals surface area contributed by atoms with E-state index in [1.165, 1.54) is 10.9 Å². The van der Waals surface area contributed by atoms with Crippen LogP contribution in [0.1, 0.15) is 24.6 Å². The van der Waals surface area contributed by atoms with Crippen molar-refractivity contribution in [1.82, 2.24) is 30.2 Å². The number of phosphoric ester groups is 1. The Morgan fingerprint density at radius 3 is 1.68 bits per heavy atom. The predicted octanol–water partition coefficient (Wildman–Crippen LogP) is -0.557. The first-order valence-corrected chi connectivity index (χ1v) is 25.4. The second-order valence-corrected chi connectivity index (χ2v) is 17.0. The Balaban J connectivity index is 0.789. The molecule has 73 heavy (non-hydrogen) atoms. The fourth-order valence-electron chi connectivity index (χ4n) is 6.28. The van der Waals surface area contributed by atoms with Gasteiger partial charge in [-0.2, -0.15) is 4.98 Å². The molecule has 1 aliphatic rings. The van der Waals surface area contributed by atoms with Gasteiger partial charge in [-0.05, 0) is 18.4 Å². The highest BCUT2D eigenvalue weighted by Crippen LogP contribution is 2.44. The minimum absolute atomic E-state index is 0.00825. The number of rotatable bonds is 44. The molecule has 414 valence electrons. The Bertz CT molecular complexity index is 2040. The number of aliphatic hydroxyl groups excluding tert-OH is 2. The number of H-pyrrole nitrogens is 1. The number of nitrogens with two attached hydrogens (primary N) is 1. The lowest BCUT2D eigenvalue weighted by atomic mass is 10.1. The topological polar surface area (TPSA) is 355 Å². The van der Waals surface area contributed by atoms with E-state index >= 15 is 0 Å². The molecule has 8 N–H and O–H groups in total. The number of unbranched alkanes of at least 4 members (excludes halogenated alkanes) is 1. The molecule has 2 amide bonds. The fraction of sp³-hybridized carbons (Fsp3) is 0.705. The lowest BCUT2D eigenvalue weighted by molar-refractivity contribution is -0.126. The molecular formula is C44H72N7O21P. The molecule has 0 bridgehead atoms. The second kappa shape index (κ2) is 37.4. The van der Waals surface area contributed by atoms with Gasteiger partial charge in [0.15, 0.2) is 17.4 Å². The summed E-state index contributed by atoms with van der Waals surface area (Å²) in [7, 11) is -4.57. The molecule has 0 aliphatic carbocycles. The number of carbonyl (C=O) groups is 2. The molecule has 3 aromatic rings. The van der Waals surface area contributed by atoms with E-state index in [1.54, 1.807) is 0 Å². The SMILES string of the molecule is Nc1nc2c(ncn2[C@@H]2O[C@H](COP(=O)(O)OCCOCCOCCOCCOCCOCCOCCOCCOCCOCCOCC(=O)NCCCCNC(=O)OCc3ccccc3)[C@@H](O)[C@H]2O)c(=O)[nH]1. The van der Waals surface area contributed by atoms with Gasteiger partial charge in [0.05, 0.1) is 145 Å². The first kappa shape index (κ1) is 61.2. The van der Waals surface area contributed by atoms with Crippen molar-refractivity contribution in [2.24, 2.45) is 0 Å². The van der Waals surface area contributed by atoms with Gasteiger partial charge >= 0.3 is 13.9 Å². The van der Waals surface area contributed by atoms with Crippen molar-refractivity contribution in [3.8, 4) is 0 Å². The van der Waals surface area contributed by atoms with Crippen LogP contribution in [0.25, 0.3) is 11.2 Å². The van der Waals surface area contributed by atoms with Crippen LogP contribution in [-0.4, -0.2) is 223 Å². The van der Waals surface area contributed by atoms with E-state index in [9.17, 15) is 34.1 Å². The quantitative estimate of drug-likeness (QED) is 0.0276. The molecule has 5 atom stereocenters. The third-order valence-electron chi connectivity index (χ3n) is 9.94. The van der Waals surface area contributed by atoms with Crippen LogP contribution in [0.4, 0.5) is 10.7 Å². The van der Waals surface area contributed by atoms with Gasteiger partial charge in [-0.25, -0.2) is 14.3 Å². The number of aliphatic hydroxyl groups is 2. The number of nitrogens with one attached hydrogen (secondary N) is 3. The highest BCUT2D eigenvalue weighted by molar-refractivity contribution is 7.47. The summed E-state index contributed by atoms with van der Waals surface area (Å²) in [5, 5.41) is 26.5. The standard InChI is InChI=1S/C44H72N7O21P/c45-43-49-40-37(41(55)50-43)48-33-51(40)42-39(54)38(53)35(72-42)31-71-73(57,58)70-29-28-67-25-24-65-21-20-63-17-16-61-13-12-59-10-11-60-14-15-62-18-19-64-22-23-66-26-27-68-32-36(52)46-8-4-5-9-47-44(56)69-30-34-6-2-1-3-7-34/h1-3,6-7,33,35,38-39,42,53-54H,4-5,8-32H2,(H,46,52)(H,47,56)(H,57,58)(H3,45,49,50,55)/t35-,38-,39-,42-/m1/s1. The molecule has 28 nitrogen and oxygen atoms in total. The van der Waals surface area contributed by atoms with Crippen LogP contribution in [-0.2, 0) is 81.9 Å². The van der Waals surface area contributed by atoms with Crippen LogP contribution in [0.3, 0.4) is 0 Å². The van der Waals surface area contributed by atoms with Crippen molar-refractivity contribution in [3.05, 3.63) is 52.6 Å². The average molecular weight is 1070 g/mol. The number of anilines is 1. The number of carbonyl (C=O) groups excluding carboxylic acids is 2. The number of nitrogen functional groups attached to an aromatic ring is 1. The highest BCUT2D eigenvalue weighted by Gasteiger charge is 2.45. The van der Waals surface area contributed by atoms with Crippen molar-refractivity contribution in [1.29, 1.82) is 0 Å². The van der Waals surface area contributed by atoms with E-state index in [2.05, 4.69) is 25.6 Å². The number of fused-ring (bicyclic) bond motifs is 1. The summed E-state index contributed by atoms with van der Waals surface area (Å²) in [6.07, 6.45) is -3.39. The Morgan fingerprint density at radius 1 is 0.685 bits per heavy atom. The van der Waals surface area contributed by atoms with Crippen molar-refractivity contribution in [2.75, 3.05) is 164 Å². The molecule has 0 spiro atoms. The molecule has 1 saturated heterocycles. The Morgan fingerprint density at radius 2 is 1.16 bits per heavy atom. The molecule has 1 unspecified atom stereocenters. The molecular weight excluding hydrogens is 993 g/mol. The van der Waals surface area contributed by atoms with Crippen molar-refractivity contribution in [3.63, 3.8) is 0 Å². The number of hydrogen-bond acceptors (Lipinski definition) is 23.